The zero-order valence-electron chi connectivity index (χ0n) is 13.8. The van der Waals surface area contributed by atoms with Gasteiger partial charge in [0.2, 0.25) is 0 Å². The van der Waals surface area contributed by atoms with Crippen LogP contribution < -0.4 is 16.2 Å². The van der Waals surface area contributed by atoms with E-state index in [1.165, 1.54) is 0 Å². The average Bonchev–Trinajstić information content (AvgIpc) is 2.60. The molecule has 0 bridgehead atoms. The Morgan fingerprint density at radius 1 is 1.24 bits per heavy atom. The maximum atomic E-state index is 12.2. The monoisotopic (exact) mass is 355 g/mol. The summed E-state index contributed by atoms with van der Waals surface area (Å²) in [7, 11) is 1.61. The molecule has 0 aliphatic heterocycles. The van der Waals surface area contributed by atoms with E-state index in [2.05, 4.69) is 11.1 Å². The van der Waals surface area contributed by atoms with Gasteiger partial charge in [0, 0.05) is 11.1 Å². The number of hydrogen-bond donors (Lipinski definition) is 2. The number of nitrogens with two attached hydrogens (primary N) is 2. The molecule has 0 unspecified atom stereocenters. The van der Waals surface area contributed by atoms with Gasteiger partial charge in [0.15, 0.2) is 5.96 Å². The second-order valence-corrected chi connectivity index (χ2v) is 6.09. The number of aliphatic imine (C=N–C) groups is 1. The quantitative estimate of drug-likeness (QED) is 0.653. The molecule has 0 fully saturated rings. The number of hydrogen-bond acceptors (Lipinski definition) is 2. The summed E-state index contributed by atoms with van der Waals surface area (Å²) in [6.45, 7) is 0. The first-order valence-corrected chi connectivity index (χ1v) is 8.19. The molecule has 6 heteroatoms. The Labute approximate surface area is 151 Å². The summed E-state index contributed by atoms with van der Waals surface area (Å²) >= 11 is 6.44. The summed E-state index contributed by atoms with van der Waals surface area (Å²) < 4.78 is 5.48. The fraction of sp³-hybridized carbons (Fsp3) is 0.158. The largest absolute Gasteiger partial charge is 0.496 e. The van der Waals surface area contributed by atoms with Crippen LogP contribution in [-0.2, 0) is 6.42 Å². The predicted octanol–water partition coefficient (Wildman–Crippen LogP) is 3.14. The van der Waals surface area contributed by atoms with Crippen molar-refractivity contribution < 1.29 is 9.53 Å². The molecule has 0 spiro atoms. The number of rotatable bonds is 3. The van der Waals surface area contributed by atoms with E-state index in [-0.39, 0.29) is 5.96 Å². The minimum Gasteiger partial charge on any atom is -0.496 e. The first-order valence-electron chi connectivity index (χ1n) is 7.81. The third-order valence-corrected chi connectivity index (χ3v) is 4.42. The van der Waals surface area contributed by atoms with Crippen molar-refractivity contribution in [3.8, 4) is 5.75 Å². The van der Waals surface area contributed by atoms with E-state index in [0.717, 1.165) is 35.1 Å². The molecule has 2 aromatic rings. The van der Waals surface area contributed by atoms with Crippen molar-refractivity contribution in [1.29, 1.82) is 0 Å². The Hall–Kier alpha value is -2.79. The fourth-order valence-corrected chi connectivity index (χ4v) is 3.28. The third-order valence-electron chi connectivity index (χ3n) is 4.10. The van der Waals surface area contributed by atoms with Gasteiger partial charge in [-0.1, -0.05) is 29.8 Å². The molecule has 1 amide bonds. The highest BCUT2D eigenvalue weighted by Gasteiger charge is 2.21. The number of halogens is 1. The van der Waals surface area contributed by atoms with E-state index in [4.69, 9.17) is 27.8 Å². The highest BCUT2D eigenvalue weighted by atomic mass is 35.5. The first kappa shape index (κ1) is 17.0. The van der Waals surface area contributed by atoms with Gasteiger partial charge in [-0.05, 0) is 53.8 Å². The molecule has 3 rings (SSSR count). The minimum atomic E-state index is -0.473. The summed E-state index contributed by atoms with van der Waals surface area (Å²) in [4.78, 5) is 15.8. The molecule has 0 atom stereocenters. The standard InChI is InChI=1S/C19H18ClN3O2/c1-25-16-7-3-6-15(20)17(16)13-5-2-4-11-8-9-12(10-14(11)13)18(24)23-19(21)22/h3,5-10H,2,4H2,1H3,(H4,21,22,23,24). The number of fused-ring (bicyclic) bond motifs is 1. The van der Waals surface area contributed by atoms with Gasteiger partial charge in [0.25, 0.3) is 5.91 Å². The van der Waals surface area contributed by atoms with Crippen molar-refractivity contribution in [2.75, 3.05) is 7.11 Å². The van der Waals surface area contributed by atoms with Gasteiger partial charge >= 0.3 is 0 Å². The molecule has 5 nitrogen and oxygen atoms in total. The van der Waals surface area contributed by atoms with E-state index in [9.17, 15) is 4.79 Å². The number of ether oxygens (including phenoxy) is 1. The molecule has 25 heavy (non-hydrogen) atoms. The number of allylic oxidation sites excluding steroid dienone is 1. The number of benzene rings is 2. The van der Waals surface area contributed by atoms with Crippen LogP contribution >= 0.6 is 11.6 Å². The second-order valence-electron chi connectivity index (χ2n) is 5.69. The van der Waals surface area contributed by atoms with Crippen LogP contribution in [0.15, 0.2) is 47.5 Å². The van der Waals surface area contributed by atoms with Gasteiger partial charge in [-0.15, -0.1) is 0 Å². The molecule has 2 aromatic carbocycles. The zero-order chi connectivity index (χ0) is 18.0. The van der Waals surface area contributed by atoms with Gasteiger partial charge < -0.3 is 16.2 Å². The van der Waals surface area contributed by atoms with Gasteiger partial charge in [0.1, 0.15) is 5.75 Å². The molecule has 0 heterocycles. The van der Waals surface area contributed by atoms with E-state index in [1.807, 2.05) is 24.3 Å². The molecule has 0 saturated carbocycles. The van der Waals surface area contributed by atoms with E-state index in [1.54, 1.807) is 19.2 Å². The van der Waals surface area contributed by atoms with Crippen molar-refractivity contribution >= 4 is 29.0 Å². The van der Waals surface area contributed by atoms with Crippen LogP contribution in [0.4, 0.5) is 0 Å². The van der Waals surface area contributed by atoms with Crippen molar-refractivity contribution in [1.82, 2.24) is 0 Å². The molecular formula is C19H18ClN3O2. The van der Waals surface area contributed by atoms with Crippen LogP contribution in [0.1, 0.15) is 33.5 Å². The number of methoxy groups -OCH3 is 1. The maximum Gasteiger partial charge on any atom is 0.280 e. The molecule has 0 aromatic heterocycles. The number of aryl methyl sites for hydroxylation is 1. The summed E-state index contributed by atoms with van der Waals surface area (Å²) in [6.07, 6.45) is 3.89. The normalized spacial score (nSPS) is 12.8. The maximum absolute atomic E-state index is 12.2. The molecular weight excluding hydrogens is 338 g/mol. The Bertz CT molecular complexity index is 900. The van der Waals surface area contributed by atoms with E-state index >= 15 is 0 Å². The van der Waals surface area contributed by atoms with E-state index in [0.29, 0.717) is 16.3 Å². The smallest absolute Gasteiger partial charge is 0.280 e. The van der Waals surface area contributed by atoms with E-state index < -0.39 is 5.91 Å². The Kier molecular flexibility index (Phi) is 4.76. The van der Waals surface area contributed by atoms with Gasteiger partial charge in [0.05, 0.1) is 12.1 Å². The number of guanidine groups is 1. The summed E-state index contributed by atoms with van der Waals surface area (Å²) in [5, 5.41) is 0.597. The zero-order valence-corrected chi connectivity index (χ0v) is 14.5. The lowest BCUT2D eigenvalue weighted by Gasteiger charge is -2.21. The van der Waals surface area contributed by atoms with Crippen molar-refractivity contribution in [3.05, 3.63) is 69.8 Å². The Morgan fingerprint density at radius 2 is 2.04 bits per heavy atom. The minimum absolute atomic E-state index is 0.258. The number of nitrogens with zero attached hydrogens (tertiary/aromatic N) is 1. The average molecular weight is 356 g/mol. The lowest BCUT2D eigenvalue weighted by atomic mass is 9.85. The number of amides is 1. The van der Waals surface area contributed by atoms with Crippen LogP contribution in [0, 0.1) is 0 Å². The topological polar surface area (TPSA) is 90.7 Å². The highest BCUT2D eigenvalue weighted by Crippen LogP contribution is 2.40. The molecule has 0 saturated heterocycles. The molecule has 0 radical (unpaired) electrons. The molecule has 4 N–H and O–H groups in total. The number of carbonyl (C=O) groups is 1. The lowest BCUT2D eigenvalue weighted by Crippen LogP contribution is -2.24. The third kappa shape index (κ3) is 3.37. The van der Waals surface area contributed by atoms with Crippen molar-refractivity contribution in [2.24, 2.45) is 16.5 Å². The summed E-state index contributed by atoms with van der Waals surface area (Å²) in [5.74, 6) is -0.0438. The van der Waals surface area contributed by atoms with Crippen LogP contribution in [0.5, 0.6) is 5.75 Å². The van der Waals surface area contributed by atoms with Crippen LogP contribution in [-0.4, -0.2) is 19.0 Å². The molecule has 1 aliphatic carbocycles. The fourth-order valence-electron chi connectivity index (χ4n) is 3.01. The Balaban J connectivity index is 2.14. The molecule has 1 aliphatic rings. The second kappa shape index (κ2) is 6.99. The highest BCUT2D eigenvalue weighted by molar-refractivity contribution is 6.33. The van der Waals surface area contributed by atoms with Crippen LogP contribution in [0.3, 0.4) is 0 Å². The summed E-state index contributed by atoms with van der Waals surface area (Å²) in [6, 6.07) is 11.0. The van der Waals surface area contributed by atoms with Crippen molar-refractivity contribution in [3.63, 3.8) is 0 Å². The van der Waals surface area contributed by atoms with Gasteiger partial charge in [-0.3, -0.25) is 4.79 Å². The van der Waals surface area contributed by atoms with Crippen molar-refractivity contribution in [2.45, 2.75) is 12.8 Å². The Morgan fingerprint density at radius 3 is 2.76 bits per heavy atom. The van der Waals surface area contributed by atoms with Crippen LogP contribution in [0.25, 0.3) is 5.57 Å². The van der Waals surface area contributed by atoms with Gasteiger partial charge in [-0.25, -0.2) is 0 Å². The van der Waals surface area contributed by atoms with Gasteiger partial charge in [-0.2, -0.15) is 4.99 Å². The first-order chi connectivity index (χ1) is 12.0. The van der Waals surface area contributed by atoms with Crippen LogP contribution in [0.2, 0.25) is 5.02 Å². The summed E-state index contributed by atoms with van der Waals surface area (Å²) in [5.41, 5.74) is 14.9. The molecule has 128 valence electrons. The predicted molar refractivity (Wildman–Crippen MR) is 100.0 cm³/mol. The lowest BCUT2D eigenvalue weighted by molar-refractivity contribution is 0.100. The SMILES string of the molecule is COc1cccc(Cl)c1C1=CCCc2ccc(C(=O)N=C(N)N)cc21. The number of carbonyl (C=O) groups excluding carboxylic acids is 1.